The minimum atomic E-state index is 0.311. The minimum Gasteiger partial charge on any atom is -0.486 e. The highest BCUT2D eigenvalue weighted by atomic mass is 16.6. The highest BCUT2D eigenvalue weighted by molar-refractivity contribution is 5.44. The molecule has 0 radical (unpaired) electrons. The topological polar surface area (TPSA) is 30.5 Å². The predicted octanol–water partition coefficient (Wildman–Crippen LogP) is 2.68. The first-order valence-corrected chi connectivity index (χ1v) is 6.05. The van der Waals surface area contributed by atoms with Crippen molar-refractivity contribution in [3.05, 3.63) is 36.4 Å². The van der Waals surface area contributed by atoms with Crippen LogP contribution in [0.3, 0.4) is 0 Å². The van der Waals surface area contributed by atoms with Crippen molar-refractivity contribution >= 4 is 0 Å². The van der Waals surface area contributed by atoms with Crippen LogP contribution in [0.25, 0.3) is 0 Å². The standard InChI is InChI=1S/C14H19NO2/c1-3-4-7-15-11(2)12-5-6-13-14(10-12)17-9-8-16-13/h3,5-6,10-11,15H,1,4,7-9H2,2H3. The summed E-state index contributed by atoms with van der Waals surface area (Å²) in [7, 11) is 0. The van der Waals surface area contributed by atoms with Crippen molar-refractivity contribution in [1.82, 2.24) is 5.32 Å². The van der Waals surface area contributed by atoms with Crippen molar-refractivity contribution in [3.63, 3.8) is 0 Å². The first-order chi connectivity index (χ1) is 8.31. The lowest BCUT2D eigenvalue weighted by Gasteiger charge is -2.21. The molecule has 1 aromatic rings. The molecule has 0 aromatic heterocycles. The summed E-state index contributed by atoms with van der Waals surface area (Å²) in [6.45, 7) is 8.07. The molecule has 0 amide bonds. The van der Waals surface area contributed by atoms with Gasteiger partial charge in [0.2, 0.25) is 0 Å². The van der Waals surface area contributed by atoms with Crippen LogP contribution in [0.4, 0.5) is 0 Å². The Kier molecular flexibility index (Phi) is 4.04. The third-order valence-corrected chi connectivity index (χ3v) is 2.87. The molecule has 0 bridgehead atoms. The Morgan fingerprint density at radius 3 is 2.88 bits per heavy atom. The summed E-state index contributed by atoms with van der Waals surface area (Å²) < 4.78 is 11.1. The van der Waals surface area contributed by atoms with Crippen LogP contribution in [0.15, 0.2) is 30.9 Å². The van der Waals surface area contributed by atoms with Crippen molar-refractivity contribution in [1.29, 1.82) is 0 Å². The van der Waals surface area contributed by atoms with Crippen LogP contribution in [0.1, 0.15) is 24.9 Å². The molecule has 2 rings (SSSR count). The first kappa shape index (κ1) is 12.0. The van der Waals surface area contributed by atoms with E-state index < -0.39 is 0 Å². The van der Waals surface area contributed by atoms with E-state index in [-0.39, 0.29) is 0 Å². The maximum absolute atomic E-state index is 5.57. The molecule has 92 valence electrons. The Morgan fingerprint density at radius 2 is 2.12 bits per heavy atom. The van der Waals surface area contributed by atoms with Crippen LogP contribution in [-0.2, 0) is 0 Å². The quantitative estimate of drug-likeness (QED) is 0.626. The van der Waals surface area contributed by atoms with Gasteiger partial charge in [-0.25, -0.2) is 0 Å². The minimum absolute atomic E-state index is 0.311. The highest BCUT2D eigenvalue weighted by Gasteiger charge is 2.13. The van der Waals surface area contributed by atoms with Gasteiger partial charge in [0.1, 0.15) is 13.2 Å². The number of hydrogen-bond acceptors (Lipinski definition) is 3. The summed E-state index contributed by atoms with van der Waals surface area (Å²) in [4.78, 5) is 0. The van der Waals surface area contributed by atoms with Crippen molar-refractivity contribution < 1.29 is 9.47 Å². The molecular weight excluding hydrogens is 214 g/mol. The lowest BCUT2D eigenvalue weighted by Crippen LogP contribution is -2.20. The van der Waals surface area contributed by atoms with Gasteiger partial charge in [0.25, 0.3) is 0 Å². The molecule has 1 heterocycles. The Bertz CT molecular complexity index is 390. The van der Waals surface area contributed by atoms with Crippen molar-refractivity contribution in [2.45, 2.75) is 19.4 Å². The monoisotopic (exact) mass is 233 g/mol. The molecule has 3 nitrogen and oxygen atoms in total. The van der Waals surface area contributed by atoms with E-state index in [9.17, 15) is 0 Å². The average molecular weight is 233 g/mol. The maximum atomic E-state index is 5.57. The van der Waals surface area contributed by atoms with E-state index in [0.717, 1.165) is 24.5 Å². The molecule has 1 unspecified atom stereocenters. The van der Waals surface area contributed by atoms with Gasteiger partial charge in [-0.15, -0.1) is 6.58 Å². The lowest BCUT2D eigenvalue weighted by atomic mass is 10.1. The van der Waals surface area contributed by atoms with Gasteiger partial charge >= 0.3 is 0 Å². The molecule has 3 heteroatoms. The first-order valence-electron chi connectivity index (χ1n) is 6.05. The Balaban J connectivity index is 2.02. The molecule has 17 heavy (non-hydrogen) atoms. The molecule has 0 aliphatic carbocycles. The molecule has 0 saturated carbocycles. The fraction of sp³-hybridized carbons (Fsp3) is 0.429. The molecular formula is C14H19NO2. The molecule has 1 aromatic carbocycles. The van der Waals surface area contributed by atoms with Gasteiger partial charge in [0, 0.05) is 6.04 Å². The Morgan fingerprint density at radius 1 is 1.35 bits per heavy atom. The van der Waals surface area contributed by atoms with Gasteiger partial charge in [-0.05, 0) is 37.6 Å². The summed E-state index contributed by atoms with van der Waals surface area (Å²) in [5, 5.41) is 3.44. The number of benzene rings is 1. The van der Waals surface area contributed by atoms with E-state index in [4.69, 9.17) is 9.47 Å². The number of fused-ring (bicyclic) bond motifs is 1. The molecule has 0 fully saturated rings. The van der Waals surface area contributed by atoms with Gasteiger partial charge in [-0.1, -0.05) is 12.1 Å². The third-order valence-electron chi connectivity index (χ3n) is 2.87. The van der Waals surface area contributed by atoms with Crippen LogP contribution < -0.4 is 14.8 Å². The zero-order valence-corrected chi connectivity index (χ0v) is 10.2. The largest absolute Gasteiger partial charge is 0.486 e. The van der Waals surface area contributed by atoms with Gasteiger partial charge in [-0.3, -0.25) is 0 Å². The highest BCUT2D eigenvalue weighted by Crippen LogP contribution is 2.32. The van der Waals surface area contributed by atoms with Crippen LogP contribution in [0.2, 0.25) is 0 Å². The number of hydrogen-bond donors (Lipinski definition) is 1. The van der Waals surface area contributed by atoms with Crippen LogP contribution in [0.5, 0.6) is 11.5 Å². The summed E-state index contributed by atoms with van der Waals surface area (Å²) in [5.41, 5.74) is 1.22. The van der Waals surface area contributed by atoms with E-state index in [1.807, 2.05) is 12.1 Å². The van der Waals surface area contributed by atoms with Gasteiger partial charge in [0.05, 0.1) is 0 Å². The molecule has 1 N–H and O–H groups in total. The Hall–Kier alpha value is -1.48. The predicted molar refractivity (Wildman–Crippen MR) is 68.7 cm³/mol. The number of nitrogens with one attached hydrogen (secondary N) is 1. The molecule has 1 atom stereocenters. The van der Waals surface area contributed by atoms with E-state index in [1.54, 1.807) is 0 Å². The van der Waals surface area contributed by atoms with Crippen LogP contribution >= 0.6 is 0 Å². The number of rotatable bonds is 5. The van der Waals surface area contributed by atoms with Gasteiger partial charge in [-0.2, -0.15) is 0 Å². The van der Waals surface area contributed by atoms with Crippen molar-refractivity contribution in [3.8, 4) is 11.5 Å². The lowest BCUT2D eigenvalue weighted by molar-refractivity contribution is 0.171. The number of ether oxygens (including phenoxy) is 2. The zero-order valence-electron chi connectivity index (χ0n) is 10.2. The van der Waals surface area contributed by atoms with E-state index in [2.05, 4.69) is 31.0 Å². The normalized spacial score (nSPS) is 15.4. The van der Waals surface area contributed by atoms with Crippen LogP contribution in [-0.4, -0.2) is 19.8 Å². The van der Waals surface area contributed by atoms with Gasteiger partial charge < -0.3 is 14.8 Å². The Labute approximate surface area is 102 Å². The SMILES string of the molecule is C=CCCNC(C)c1ccc2c(c1)OCCO2. The second-order valence-electron chi connectivity index (χ2n) is 4.16. The van der Waals surface area contributed by atoms with Crippen LogP contribution in [0, 0.1) is 0 Å². The summed E-state index contributed by atoms with van der Waals surface area (Å²) in [5.74, 6) is 1.70. The maximum Gasteiger partial charge on any atom is 0.161 e. The fourth-order valence-corrected chi connectivity index (χ4v) is 1.85. The summed E-state index contributed by atoms with van der Waals surface area (Å²) in [6, 6.07) is 6.43. The molecule has 1 aliphatic rings. The van der Waals surface area contributed by atoms with E-state index >= 15 is 0 Å². The summed E-state index contributed by atoms with van der Waals surface area (Å²) in [6.07, 6.45) is 2.90. The van der Waals surface area contributed by atoms with Crippen molar-refractivity contribution in [2.75, 3.05) is 19.8 Å². The average Bonchev–Trinajstić information content (AvgIpc) is 2.38. The van der Waals surface area contributed by atoms with Gasteiger partial charge in [0.15, 0.2) is 11.5 Å². The fourth-order valence-electron chi connectivity index (χ4n) is 1.85. The smallest absolute Gasteiger partial charge is 0.161 e. The second kappa shape index (κ2) is 5.73. The second-order valence-corrected chi connectivity index (χ2v) is 4.16. The molecule has 1 aliphatic heterocycles. The van der Waals surface area contributed by atoms with Crippen molar-refractivity contribution in [2.24, 2.45) is 0 Å². The molecule has 0 spiro atoms. The summed E-state index contributed by atoms with van der Waals surface area (Å²) >= 11 is 0. The van der Waals surface area contributed by atoms with E-state index in [1.165, 1.54) is 5.56 Å². The molecule has 0 saturated heterocycles. The zero-order chi connectivity index (χ0) is 12.1. The third kappa shape index (κ3) is 3.01. The van der Waals surface area contributed by atoms with E-state index in [0.29, 0.717) is 19.3 Å².